The summed E-state index contributed by atoms with van der Waals surface area (Å²) in [5.74, 6) is 0.493. The average molecular weight is 278 g/mol. The molecule has 1 N–H and O–H groups in total. The molecule has 4 nitrogen and oxygen atoms in total. The summed E-state index contributed by atoms with van der Waals surface area (Å²) in [5, 5.41) is 2.73. The maximum absolute atomic E-state index is 10.9. The first kappa shape index (κ1) is 13.1. The van der Waals surface area contributed by atoms with Gasteiger partial charge < -0.3 is 9.73 Å². The van der Waals surface area contributed by atoms with E-state index >= 15 is 0 Å². The van der Waals surface area contributed by atoms with Crippen LogP contribution < -0.4 is 5.32 Å². The van der Waals surface area contributed by atoms with Gasteiger partial charge in [0.25, 0.3) is 0 Å². The zero-order valence-electron chi connectivity index (χ0n) is 11.5. The van der Waals surface area contributed by atoms with E-state index in [1.165, 1.54) is 6.92 Å². The number of oxazole rings is 1. The van der Waals surface area contributed by atoms with Crippen LogP contribution in [-0.2, 0) is 4.79 Å². The van der Waals surface area contributed by atoms with Gasteiger partial charge in [0.15, 0.2) is 5.58 Å². The van der Waals surface area contributed by atoms with Crippen LogP contribution >= 0.6 is 0 Å². The number of hydrogen-bond donors (Lipinski definition) is 1. The highest BCUT2D eigenvalue weighted by atomic mass is 16.3. The number of carbonyl (C=O) groups is 1. The quantitative estimate of drug-likeness (QED) is 0.789. The third kappa shape index (κ3) is 3.17. The molecule has 21 heavy (non-hydrogen) atoms. The van der Waals surface area contributed by atoms with Gasteiger partial charge in [0, 0.05) is 18.7 Å². The van der Waals surface area contributed by atoms with Crippen molar-refractivity contribution in [2.45, 2.75) is 6.92 Å². The molecule has 0 aliphatic heterocycles. The van der Waals surface area contributed by atoms with E-state index in [0.29, 0.717) is 5.89 Å². The molecule has 1 heterocycles. The van der Waals surface area contributed by atoms with Gasteiger partial charge in [-0.1, -0.05) is 24.3 Å². The first-order valence-corrected chi connectivity index (χ1v) is 6.62. The van der Waals surface area contributed by atoms with Gasteiger partial charge >= 0.3 is 0 Å². The minimum Gasteiger partial charge on any atom is -0.437 e. The van der Waals surface area contributed by atoms with Crippen molar-refractivity contribution < 1.29 is 9.21 Å². The molecule has 0 spiro atoms. The van der Waals surface area contributed by atoms with Gasteiger partial charge in [0.05, 0.1) is 0 Å². The van der Waals surface area contributed by atoms with E-state index in [0.717, 1.165) is 22.4 Å². The third-order valence-electron chi connectivity index (χ3n) is 2.96. The van der Waals surface area contributed by atoms with Gasteiger partial charge in [-0.15, -0.1) is 0 Å². The van der Waals surface area contributed by atoms with Crippen molar-refractivity contribution in [3.8, 4) is 0 Å². The maximum atomic E-state index is 10.9. The lowest BCUT2D eigenvalue weighted by Crippen LogP contribution is -2.05. The largest absolute Gasteiger partial charge is 0.437 e. The number of hydrogen-bond acceptors (Lipinski definition) is 3. The van der Waals surface area contributed by atoms with E-state index in [4.69, 9.17) is 4.42 Å². The van der Waals surface area contributed by atoms with Crippen LogP contribution in [0.2, 0.25) is 0 Å². The summed E-state index contributed by atoms with van der Waals surface area (Å²) in [6.07, 6.45) is 3.75. The molecule has 0 saturated carbocycles. The number of carbonyl (C=O) groups excluding carboxylic acids is 1. The van der Waals surface area contributed by atoms with Gasteiger partial charge in [-0.2, -0.15) is 0 Å². The first-order chi connectivity index (χ1) is 10.2. The summed E-state index contributed by atoms with van der Waals surface area (Å²) in [7, 11) is 0. The molecule has 0 bridgehead atoms. The summed E-state index contributed by atoms with van der Waals surface area (Å²) < 4.78 is 5.61. The summed E-state index contributed by atoms with van der Waals surface area (Å²) in [6.45, 7) is 1.49. The topological polar surface area (TPSA) is 55.1 Å². The molecule has 1 aromatic heterocycles. The van der Waals surface area contributed by atoms with E-state index in [2.05, 4.69) is 10.3 Å². The summed E-state index contributed by atoms with van der Waals surface area (Å²) in [4.78, 5) is 15.3. The lowest BCUT2D eigenvalue weighted by Gasteiger charge is -2.01. The predicted octanol–water partition coefficient (Wildman–Crippen LogP) is 3.96. The Kier molecular flexibility index (Phi) is 3.51. The van der Waals surface area contributed by atoms with Gasteiger partial charge in [0.1, 0.15) is 5.52 Å². The minimum absolute atomic E-state index is 0.0789. The average Bonchev–Trinajstić information content (AvgIpc) is 2.89. The Morgan fingerprint density at radius 2 is 1.86 bits per heavy atom. The Labute approximate surface area is 122 Å². The molecule has 1 amide bonds. The number of anilines is 1. The van der Waals surface area contributed by atoms with Gasteiger partial charge in [-0.25, -0.2) is 4.98 Å². The lowest BCUT2D eigenvalue weighted by molar-refractivity contribution is -0.114. The Balaban J connectivity index is 1.77. The molecule has 0 aliphatic rings. The number of nitrogens with zero attached hydrogens (tertiary/aromatic N) is 1. The molecule has 0 atom stereocenters. The second kappa shape index (κ2) is 5.63. The van der Waals surface area contributed by atoms with Crippen molar-refractivity contribution in [2.75, 3.05) is 5.32 Å². The molecule has 0 saturated heterocycles. The highest BCUT2D eigenvalue weighted by Crippen LogP contribution is 2.17. The predicted molar refractivity (Wildman–Crippen MR) is 83.7 cm³/mol. The molecule has 0 radical (unpaired) electrons. The third-order valence-corrected chi connectivity index (χ3v) is 2.96. The number of fused-ring (bicyclic) bond motifs is 1. The van der Waals surface area contributed by atoms with Crippen molar-refractivity contribution in [3.05, 3.63) is 60.0 Å². The lowest BCUT2D eigenvalue weighted by atomic mass is 10.2. The van der Waals surface area contributed by atoms with Crippen LogP contribution in [0.25, 0.3) is 23.3 Å². The Hall–Kier alpha value is -2.88. The number of para-hydroxylation sites is 2. The maximum Gasteiger partial charge on any atom is 0.221 e. The van der Waals surface area contributed by atoms with E-state index in [-0.39, 0.29) is 5.91 Å². The molecule has 0 fully saturated rings. The Morgan fingerprint density at radius 3 is 2.57 bits per heavy atom. The van der Waals surface area contributed by atoms with E-state index in [1.807, 2.05) is 60.7 Å². The molecule has 2 aromatic carbocycles. The van der Waals surface area contributed by atoms with Crippen LogP contribution in [0, 0.1) is 0 Å². The molecule has 104 valence electrons. The summed E-state index contributed by atoms with van der Waals surface area (Å²) in [5.41, 5.74) is 3.41. The van der Waals surface area contributed by atoms with Gasteiger partial charge in [0.2, 0.25) is 11.8 Å². The smallest absolute Gasteiger partial charge is 0.221 e. The molecular weight excluding hydrogens is 264 g/mol. The second-order valence-electron chi connectivity index (χ2n) is 4.66. The van der Waals surface area contributed by atoms with Crippen LogP contribution in [-0.4, -0.2) is 10.9 Å². The fraction of sp³-hybridized carbons (Fsp3) is 0.0588. The normalized spacial score (nSPS) is 11.1. The number of rotatable bonds is 3. The molecule has 0 unspecified atom stereocenters. The fourth-order valence-corrected chi connectivity index (χ4v) is 2.01. The molecule has 0 aliphatic carbocycles. The zero-order chi connectivity index (χ0) is 14.7. The van der Waals surface area contributed by atoms with Crippen molar-refractivity contribution in [3.63, 3.8) is 0 Å². The van der Waals surface area contributed by atoms with Crippen molar-refractivity contribution >= 4 is 34.8 Å². The van der Waals surface area contributed by atoms with E-state index < -0.39 is 0 Å². The second-order valence-corrected chi connectivity index (χ2v) is 4.66. The molecule has 4 heteroatoms. The van der Waals surface area contributed by atoms with Crippen LogP contribution in [0.1, 0.15) is 18.4 Å². The Morgan fingerprint density at radius 1 is 1.10 bits per heavy atom. The number of benzene rings is 2. The standard InChI is InChI=1S/C17H14N2O2/c1-12(20)18-14-9-6-13(7-10-14)8-11-17-19-15-4-2-3-5-16(15)21-17/h2-11H,1H3,(H,18,20)/b11-8+. The molecule has 3 aromatic rings. The van der Waals surface area contributed by atoms with Gasteiger partial charge in [-0.05, 0) is 35.9 Å². The molecular formula is C17H14N2O2. The highest BCUT2D eigenvalue weighted by molar-refractivity contribution is 5.88. The minimum atomic E-state index is -0.0789. The summed E-state index contributed by atoms with van der Waals surface area (Å²) >= 11 is 0. The van der Waals surface area contributed by atoms with Crippen LogP contribution in [0.3, 0.4) is 0 Å². The number of nitrogens with one attached hydrogen (secondary N) is 1. The van der Waals surface area contributed by atoms with Crippen molar-refractivity contribution in [2.24, 2.45) is 0 Å². The number of amides is 1. The summed E-state index contributed by atoms with van der Waals surface area (Å²) in [6, 6.07) is 15.2. The van der Waals surface area contributed by atoms with Crippen LogP contribution in [0.15, 0.2) is 52.9 Å². The Bertz CT molecular complexity index is 768. The first-order valence-electron chi connectivity index (χ1n) is 6.62. The monoisotopic (exact) mass is 278 g/mol. The zero-order valence-corrected chi connectivity index (χ0v) is 11.5. The van der Waals surface area contributed by atoms with Crippen LogP contribution in [0.4, 0.5) is 5.69 Å². The molecule has 3 rings (SSSR count). The van der Waals surface area contributed by atoms with E-state index in [1.54, 1.807) is 0 Å². The van der Waals surface area contributed by atoms with Crippen molar-refractivity contribution in [1.82, 2.24) is 4.98 Å². The highest BCUT2D eigenvalue weighted by Gasteiger charge is 2.01. The van der Waals surface area contributed by atoms with Gasteiger partial charge in [-0.3, -0.25) is 4.79 Å². The fourth-order valence-electron chi connectivity index (χ4n) is 2.01. The number of aromatic nitrogens is 1. The van der Waals surface area contributed by atoms with Crippen molar-refractivity contribution in [1.29, 1.82) is 0 Å². The van der Waals surface area contributed by atoms with Crippen LogP contribution in [0.5, 0.6) is 0 Å². The SMILES string of the molecule is CC(=O)Nc1ccc(/C=C/c2nc3ccccc3o2)cc1. The van der Waals surface area contributed by atoms with E-state index in [9.17, 15) is 4.79 Å².